The van der Waals surface area contributed by atoms with Crippen LogP contribution in [0.1, 0.15) is 25.0 Å². The Balaban J connectivity index is 2.10. The third kappa shape index (κ3) is 4.37. The Hall–Kier alpha value is -2.25. The fourth-order valence-corrected chi connectivity index (χ4v) is 3.76. The second-order valence-electron chi connectivity index (χ2n) is 5.83. The fraction of sp³-hybridized carbons (Fsp3) is 0.316. The average Bonchev–Trinajstić information content (AvgIpc) is 3.00. The third-order valence-electron chi connectivity index (χ3n) is 3.32. The Morgan fingerprint density at radius 3 is 2.30 bits per heavy atom. The first kappa shape index (κ1) is 17.1. The standard InChI is InChI=1S/C19H21O3S/c1-6-19(4,5)22-17(20)13-21-18-14(2)11-16(12-15(18)3)23-9-7-8-10-23/h1,7-12H,13H2,2-5H3/q+1. The summed E-state index contributed by atoms with van der Waals surface area (Å²) in [6.45, 7) is 7.14. The van der Waals surface area contributed by atoms with Gasteiger partial charge in [-0.1, -0.05) is 5.92 Å². The topological polar surface area (TPSA) is 35.5 Å². The molecule has 1 heterocycles. The van der Waals surface area contributed by atoms with Crippen LogP contribution in [0.15, 0.2) is 35.0 Å². The summed E-state index contributed by atoms with van der Waals surface area (Å²) in [5, 5.41) is 4.35. The molecule has 0 atom stereocenters. The highest BCUT2D eigenvalue weighted by Crippen LogP contribution is 2.35. The Bertz CT molecular complexity index is 713. The fourth-order valence-electron chi connectivity index (χ4n) is 2.21. The summed E-state index contributed by atoms with van der Waals surface area (Å²) in [5.41, 5.74) is 1.09. The average molecular weight is 329 g/mol. The van der Waals surface area contributed by atoms with Crippen LogP contribution in [0, 0.1) is 26.2 Å². The maximum absolute atomic E-state index is 11.8. The van der Waals surface area contributed by atoms with Crippen LogP contribution in [0.2, 0.25) is 0 Å². The Labute approximate surface area is 140 Å². The molecule has 2 rings (SSSR count). The van der Waals surface area contributed by atoms with Crippen molar-refractivity contribution in [1.82, 2.24) is 0 Å². The molecule has 0 spiro atoms. The van der Waals surface area contributed by atoms with Crippen molar-refractivity contribution in [2.24, 2.45) is 0 Å². The molecule has 0 aliphatic rings. The van der Waals surface area contributed by atoms with Gasteiger partial charge in [0, 0.05) is 22.6 Å². The number of hydrogen-bond donors (Lipinski definition) is 0. The zero-order valence-electron chi connectivity index (χ0n) is 13.9. The molecule has 0 N–H and O–H groups in total. The van der Waals surface area contributed by atoms with Gasteiger partial charge in [0.25, 0.3) is 0 Å². The van der Waals surface area contributed by atoms with Crippen molar-refractivity contribution in [3.8, 4) is 23.0 Å². The maximum Gasteiger partial charge on any atom is 0.345 e. The maximum atomic E-state index is 11.8. The number of thiophene rings is 1. The van der Waals surface area contributed by atoms with E-state index in [0.29, 0.717) is 0 Å². The number of aryl methyl sites for hydroxylation is 2. The lowest BCUT2D eigenvalue weighted by atomic mass is 10.1. The molecular formula is C19H21O3S+. The van der Waals surface area contributed by atoms with Crippen LogP contribution in [-0.2, 0) is 9.53 Å². The SMILES string of the molecule is C#CC(C)(C)OC(=O)COc1c(C)cc(-[s+]2cccc2)cc1C. The van der Waals surface area contributed by atoms with E-state index in [1.54, 1.807) is 13.8 Å². The number of esters is 1. The molecule has 0 aliphatic heterocycles. The van der Waals surface area contributed by atoms with Gasteiger partial charge in [0.15, 0.2) is 17.1 Å². The van der Waals surface area contributed by atoms with E-state index in [4.69, 9.17) is 15.9 Å². The first-order chi connectivity index (χ1) is 10.8. The lowest BCUT2D eigenvalue weighted by Gasteiger charge is -2.19. The molecule has 1 aromatic heterocycles. The molecular weight excluding hydrogens is 308 g/mol. The summed E-state index contributed by atoms with van der Waals surface area (Å²) in [6, 6.07) is 8.31. The summed E-state index contributed by atoms with van der Waals surface area (Å²) >= 11 is 0. The number of terminal acetylenes is 1. The minimum Gasteiger partial charge on any atom is -0.481 e. The monoisotopic (exact) mass is 329 g/mol. The molecule has 0 aliphatic carbocycles. The van der Waals surface area contributed by atoms with Crippen LogP contribution in [0.3, 0.4) is 0 Å². The highest BCUT2D eigenvalue weighted by atomic mass is 32.2. The number of ether oxygens (including phenoxy) is 2. The number of rotatable bonds is 5. The number of hydrogen-bond acceptors (Lipinski definition) is 3. The van der Waals surface area contributed by atoms with E-state index in [9.17, 15) is 4.79 Å². The van der Waals surface area contributed by atoms with Gasteiger partial charge >= 0.3 is 5.97 Å². The highest BCUT2D eigenvalue weighted by Gasteiger charge is 2.21. The van der Waals surface area contributed by atoms with E-state index >= 15 is 0 Å². The zero-order valence-corrected chi connectivity index (χ0v) is 14.7. The van der Waals surface area contributed by atoms with Crippen molar-refractivity contribution in [1.29, 1.82) is 0 Å². The van der Waals surface area contributed by atoms with E-state index in [0.717, 1.165) is 16.9 Å². The third-order valence-corrected chi connectivity index (χ3v) is 5.00. The summed E-state index contributed by atoms with van der Waals surface area (Å²) in [7, 11) is 0.0227. The molecule has 120 valence electrons. The Morgan fingerprint density at radius 2 is 1.78 bits per heavy atom. The van der Waals surface area contributed by atoms with Gasteiger partial charge in [-0.3, -0.25) is 0 Å². The van der Waals surface area contributed by atoms with Gasteiger partial charge in [0.2, 0.25) is 0 Å². The van der Waals surface area contributed by atoms with E-state index in [1.807, 2.05) is 13.8 Å². The lowest BCUT2D eigenvalue weighted by molar-refractivity contribution is -0.154. The van der Waals surface area contributed by atoms with Gasteiger partial charge in [-0.25, -0.2) is 4.79 Å². The van der Waals surface area contributed by atoms with Crippen LogP contribution >= 0.6 is 10.5 Å². The molecule has 0 fully saturated rings. The van der Waals surface area contributed by atoms with Crippen LogP contribution in [-0.4, -0.2) is 18.2 Å². The molecule has 0 amide bonds. The van der Waals surface area contributed by atoms with Gasteiger partial charge in [0.05, 0.1) is 0 Å². The minimum absolute atomic E-state index is 0.0227. The second-order valence-corrected chi connectivity index (χ2v) is 7.59. The molecule has 0 saturated carbocycles. The zero-order chi connectivity index (χ0) is 17.0. The smallest absolute Gasteiger partial charge is 0.345 e. The molecule has 0 unspecified atom stereocenters. The largest absolute Gasteiger partial charge is 0.481 e. The highest BCUT2D eigenvalue weighted by molar-refractivity contribution is 7.36. The molecule has 3 nitrogen and oxygen atoms in total. The van der Waals surface area contributed by atoms with Crippen LogP contribution < -0.4 is 4.74 Å². The number of carbonyl (C=O) groups excluding carboxylic acids is 1. The van der Waals surface area contributed by atoms with Gasteiger partial charge in [0.1, 0.15) is 16.5 Å². The predicted octanol–water partition coefficient (Wildman–Crippen LogP) is 4.38. The molecule has 2 aromatic rings. The van der Waals surface area contributed by atoms with E-state index < -0.39 is 11.6 Å². The molecule has 0 radical (unpaired) electrons. The van der Waals surface area contributed by atoms with Gasteiger partial charge < -0.3 is 9.47 Å². The molecule has 1 aromatic carbocycles. The van der Waals surface area contributed by atoms with Crippen molar-refractivity contribution in [2.75, 3.05) is 6.61 Å². The minimum atomic E-state index is -0.920. The van der Waals surface area contributed by atoms with Gasteiger partial charge in [-0.2, -0.15) is 0 Å². The Morgan fingerprint density at radius 1 is 1.22 bits per heavy atom. The number of carbonyl (C=O) groups is 1. The normalized spacial score (nSPS) is 10.9. The molecule has 4 heteroatoms. The van der Waals surface area contributed by atoms with Crippen molar-refractivity contribution in [3.63, 3.8) is 0 Å². The quantitative estimate of drug-likeness (QED) is 0.464. The molecule has 23 heavy (non-hydrogen) atoms. The van der Waals surface area contributed by atoms with Gasteiger partial charge in [-0.05, 0) is 51.0 Å². The molecule has 0 saturated heterocycles. The Kier molecular flexibility index (Phi) is 5.12. The first-order valence-corrected chi connectivity index (χ1v) is 8.68. The van der Waals surface area contributed by atoms with E-state index in [-0.39, 0.29) is 17.1 Å². The lowest BCUT2D eigenvalue weighted by Crippen LogP contribution is -2.29. The predicted molar refractivity (Wildman–Crippen MR) is 94.2 cm³/mol. The van der Waals surface area contributed by atoms with E-state index in [1.165, 1.54) is 4.90 Å². The summed E-state index contributed by atoms with van der Waals surface area (Å²) in [6.07, 6.45) is 5.31. The van der Waals surface area contributed by atoms with Crippen molar-refractivity contribution >= 4 is 16.4 Å². The molecule has 0 bridgehead atoms. The summed E-state index contributed by atoms with van der Waals surface area (Å²) < 4.78 is 10.8. The summed E-state index contributed by atoms with van der Waals surface area (Å²) in [5.74, 6) is 2.67. The van der Waals surface area contributed by atoms with Crippen LogP contribution in [0.25, 0.3) is 4.90 Å². The van der Waals surface area contributed by atoms with Crippen LogP contribution in [0.5, 0.6) is 5.75 Å². The number of benzene rings is 1. The van der Waals surface area contributed by atoms with E-state index in [2.05, 4.69) is 40.9 Å². The van der Waals surface area contributed by atoms with Crippen molar-refractivity contribution in [3.05, 3.63) is 46.2 Å². The summed E-state index contributed by atoms with van der Waals surface area (Å²) in [4.78, 5) is 13.1. The first-order valence-electron chi connectivity index (χ1n) is 7.33. The van der Waals surface area contributed by atoms with Crippen molar-refractivity contribution in [2.45, 2.75) is 33.3 Å². The van der Waals surface area contributed by atoms with Crippen molar-refractivity contribution < 1.29 is 14.3 Å². The second kappa shape index (κ2) is 6.89. The van der Waals surface area contributed by atoms with Gasteiger partial charge in [-0.15, -0.1) is 6.42 Å². The van der Waals surface area contributed by atoms with Crippen LogP contribution in [0.4, 0.5) is 0 Å².